The van der Waals surface area contributed by atoms with Crippen LogP contribution in [0.5, 0.6) is 5.75 Å². The van der Waals surface area contributed by atoms with Gasteiger partial charge in [-0.05, 0) is 73.0 Å². The molecule has 2 amide bonds. The van der Waals surface area contributed by atoms with Crippen molar-refractivity contribution in [3.05, 3.63) is 88.4 Å². The number of nitrogens with zero attached hydrogens (tertiary/aromatic N) is 2. The minimum Gasteiger partial charge on any atom is -0.497 e. The predicted octanol–water partition coefficient (Wildman–Crippen LogP) is 5.53. The van der Waals surface area contributed by atoms with Crippen LogP contribution in [0.4, 0.5) is 5.69 Å². The molecular weight excluding hydrogens is 573 g/mol. The van der Waals surface area contributed by atoms with E-state index < -0.39 is 28.5 Å². The van der Waals surface area contributed by atoms with Crippen LogP contribution in [0.15, 0.2) is 77.7 Å². The molecule has 214 valence electrons. The monoisotopic (exact) mass is 605 g/mol. The molecule has 1 N–H and O–H groups in total. The zero-order chi connectivity index (χ0) is 29.3. The zero-order valence-electron chi connectivity index (χ0n) is 22.6. The second-order valence-electron chi connectivity index (χ2n) is 8.99. The summed E-state index contributed by atoms with van der Waals surface area (Å²) in [5.41, 5.74) is 0.880. The number of benzene rings is 3. The molecule has 0 heterocycles. The summed E-state index contributed by atoms with van der Waals surface area (Å²) in [6, 6.07) is 18.2. The number of nitrogens with one attached hydrogen (secondary N) is 1. The van der Waals surface area contributed by atoms with Gasteiger partial charge in [0.05, 0.1) is 17.7 Å². The van der Waals surface area contributed by atoms with E-state index in [9.17, 15) is 18.0 Å². The van der Waals surface area contributed by atoms with Gasteiger partial charge in [-0.3, -0.25) is 13.9 Å². The molecular formula is C29H33Cl2N3O5S. The number of anilines is 1. The van der Waals surface area contributed by atoms with E-state index in [2.05, 4.69) is 5.32 Å². The van der Waals surface area contributed by atoms with Crippen molar-refractivity contribution in [1.82, 2.24) is 10.2 Å². The number of hydrogen-bond acceptors (Lipinski definition) is 5. The molecule has 0 bridgehead atoms. The first kappa shape index (κ1) is 31.3. The second-order valence-corrected chi connectivity index (χ2v) is 11.7. The van der Waals surface area contributed by atoms with E-state index in [1.807, 2.05) is 6.92 Å². The molecule has 0 aliphatic rings. The third-order valence-corrected chi connectivity index (χ3v) is 8.68. The normalized spacial score (nSPS) is 11.9. The van der Waals surface area contributed by atoms with Gasteiger partial charge in [0.15, 0.2) is 0 Å². The SMILES string of the molecule is CCCNC(=O)C(CC)N(Cc1ccccc1Cl)C(=O)CN(c1ccc(Cl)cc1)S(=O)(=O)c1ccc(OC)cc1. The Morgan fingerprint density at radius 1 is 0.950 bits per heavy atom. The summed E-state index contributed by atoms with van der Waals surface area (Å²) in [7, 11) is -2.73. The molecule has 11 heteroatoms. The zero-order valence-corrected chi connectivity index (χ0v) is 25.0. The molecule has 0 aliphatic carbocycles. The molecule has 0 saturated carbocycles. The fraction of sp³-hybridized carbons (Fsp3) is 0.310. The number of halogens is 2. The first-order chi connectivity index (χ1) is 19.1. The Hall–Kier alpha value is -3.27. The van der Waals surface area contributed by atoms with Gasteiger partial charge in [-0.2, -0.15) is 0 Å². The van der Waals surface area contributed by atoms with Crippen molar-refractivity contribution < 1.29 is 22.7 Å². The van der Waals surface area contributed by atoms with E-state index in [0.29, 0.717) is 34.3 Å². The van der Waals surface area contributed by atoms with E-state index in [-0.39, 0.29) is 23.0 Å². The van der Waals surface area contributed by atoms with Gasteiger partial charge in [0.2, 0.25) is 11.8 Å². The lowest BCUT2D eigenvalue weighted by Gasteiger charge is -2.33. The van der Waals surface area contributed by atoms with Crippen molar-refractivity contribution in [1.29, 1.82) is 0 Å². The largest absolute Gasteiger partial charge is 0.497 e. The van der Waals surface area contributed by atoms with Gasteiger partial charge in [0.1, 0.15) is 18.3 Å². The average Bonchev–Trinajstić information content (AvgIpc) is 2.96. The van der Waals surface area contributed by atoms with E-state index in [1.54, 1.807) is 43.3 Å². The summed E-state index contributed by atoms with van der Waals surface area (Å²) in [5, 5.41) is 3.70. The number of sulfonamides is 1. The molecule has 0 aromatic heterocycles. The third kappa shape index (κ3) is 7.68. The van der Waals surface area contributed by atoms with Gasteiger partial charge >= 0.3 is 0 Å². The summed E-state index contributed by atoms with van der Waals surface area (Å²) in [6.45, 7) is 3.65. The molecule has 3 aromatic carbocycles. The van der Waals surface area contributed by atoms with Crippen molar-refractivity contribution in [2.45, 2.75) is 44.2 Å². The molecule has 0 fully saturated rings. The van der Waals surface area contributed by atoms with E-state index in [0.717, 1.165) is 10.7 Å². The van der Waals surface area contributed by atoms with Crippen LogP contribution in [-0.4, -0.2) is 51.4 Å². The van der Waals surface area contributed by atoms with Crippen molar-refractivity contribution in [3.63, 3.8) is 0 Å². The molecule has 40 heavy (non-hydrogen) atoms. The second kappa shape index (κ2) is 14.4. The van der Waals surface area contributed by atoms with Crippen LogP contribution in [0.2, 0.25) is 10.0 Å². The van der Waals surface area contributed by atoms with Crippen LogP contribution in [0.3, 0.4) is 0 Å². The fourth-order valence-corrected chi connectivity index (χ4v) is 5.84. The topological polar surface area (TPSA) is 96.0 Å². The summed E-state index contributed by atoms with van der Waals surface area (Å²) in [6.07, 6.45) is 1.04. The maximum Gasteiger partial charge on any atom is 0.264 e. The number of methoxy groups -OCH3 is 1. The highest BCUT2D eigenvalue weighted by Crippen LogP contribution is 2.28. The first-order valence-electron chi connectivity index (χ1n) is 12.8. The van der Waals surface area contributed by atoms with Crippen LogP contribution in [0.1, 0.15) is 32.3 Å². The predicted molar refractivity (Wildman–Crippen MR) is 158 cm³/mol. The average molecular weight is 607 g/mol. The Bertz CT molecular complexity index is 1400. The van der Waals surface area contributed by atoms with Crippen molar-refractivity contribution in [2.75, 3.05) is 24.5 Å². The van der Waals surface area contributed by atoms with Crippen LogP contribution in [0, 0.1) is 0 Å². The molecule has 8 nitrogen and oxygen atoms in total. The highest BCUT2D eigenvalue weighted by atomic mass is 35.5. The number of carbonyl (C=O) groups is 2. The highest BCUT2D eigenvalue weighted by Gasteiger charge is 2.34. The molecule has 0 aliphatic heterocycles. The number of amides is 2. The minimum absolute atomic E-state index is 0.0214. The lowest BCUT2D eigenvalue weighted by Crippen LogP contribution is -2.52. The number of hydrogen-bond donors (Lipinski definition) is 1. The first-order valence-corrected chi connectivity index (χ1v) is 15.0. The van der Waals surface area contributed by atoms with Crippen molar-refractivity contribution >= 4 is 50.7 Å². The van der Waals surface area contributed by atoms with E-state index in [4.69, 9.17) is 27.9 Å². The summed E-state index contributed by atoms with van der Waals surface area (Å²) >= 11 is 12.5. The summed E-state index contributed by atoms with van der Waals surface area (Å²) in [4.78, 5) is 28.5. The molecule has 0 radical (unpaired) electrons. The number of rotatable bonds is 13. The lowest BCUT2D eigenvalue weighted by atomic mass is 10.1. The van der Waals surface area contributed by atoms with Crippen LogP contribution in [0.25, 0.3) is 0 Å². The van der Waals surface area contributed by atoms with Gasteiger partial charge in [0, 0.05) is 23.1 Å². The Morgan fingerprint density at radius 2 is 1.60 bits per heavy atom. The van der Waals surface area contributed by atoms with Gasteiger partial charge in [0.25, 0.3) is 10.0 Å². The van der Waals surface area contributed by atoms with E-state index >= 15 is 0 Å². The Kier molecular flexibility index (Phi) is 11.2. The molecule has 0 spiro atoms. The van der Waals surface area contributed by atoms with Crippen molar-refractivity contribution in [3.8, 4) is 5.75 Å². The fourth-order valence-electron chi connectivity index (χ4n) is 4.11. The Morgan fingerprint density at radius 3 is 2.17 bits per heavy atom. The quantitative estimate of drug-likeness (QED) is 0.276. The van der Waals surface area contributed by atoms with E-state index in [1.165, 1.54) is 48.4 Å². The summed E-state index contributed by atoms with van der Waals surface area (Å²) < 4.78 is 33.9. The maximum absolute atomic E-state index is 14.0. The van der Waals surface area contributed by atoms with Gasteiger partial charge < -0.3 is 15.0 Å². The molecule has 1 unspecified atom stereocenters. The number of carbonyl (C=O) groups excluding carboxylic acids is 2. The van der Waals surface area contributed by atoms with Gasteiger partial charge in [-0.1, -0.05) is 55.2 Å². The van der Waals surface area contributed by atoms with Crippen LogP contribution in [-0.2, 0) is 26.2 Å². The van der Waals surface area contributed by atoms with Gasteiger partial charge in [-0.15, -0.1) is 0 Å². The van der Waals surface area contributed by atoms with Crippen molar-refractivity contribution in [2.24, 2.45) is 0 Å². The standard InChI is InChI=1S/C29H33Cl2N3O5S/c1-4-18-32-29(36)27(5-2)33(19-21-8-6-7-9-26(21)31)28(35)20-34(23-12-10-22(30)11-13-23)40(37,38)25-16-14-24(39-3)15-17-25/h6-17,27H,4-5,18-20H2,1-3H3,(H,32,36). The Balaban J connectivity index is 2.05. The minimum atomic E-state index is -4.21. The molecule has 3 rings (SSSR count). The molecule has 0 saturated heterocycles. The van der Waals surface area contributed by atoms with Gasteiger partial charge in [-0.25, -0.2) is 8.42 Å². The number of ether oxygens (including phenoxy) is 1. The third-order valence-electron chi connectivity index (χ3n) is 6.27. The molecule has 3 aromatic rings. The maximum atomic E-state index is 14.0. The smallest absolute Gasteiger partial charge is 0.264 e. The highest BCUT2D eigenvalue weighted by molar-refractivity contribution is 7.92. The summed E-state index contributed by atoms with van der Waals surface area (Å²) in [5.74, 6) is -0.394. The molecule has 1 atom stereocenters. The van der Waals surface area contributed by atoms with Crippen LogP contribution >= 0.6 is 23.2 Å². The van der Waals surface area contributed by atoms with Crippen LogP contribution < -0.4 is 14.4 Å². The Labute approximate surface area is 245 Å². The lowest BCUT2D eigenvalue weighted by molar-refractivity contribution is -0.140.